The summed E-state index contributed by atoms with van der Waals surface area (Å²) >= 11 is 0.893. The summed E-state index contributed by atoms with van der Waals surface area (Å²) < 4.78 is 13.5. The van der Waals surface area contributed by atoms with E-state index in [0.29, 0.717) is 21.2 Å². The van der Waals surface area contributed by atoms with Crippen LogP contribution in [0.2, 0.25) is 0 Å². The third-order valence-electron chi connectivity index (χ3n) is 1.89. The van der Waals surface area contributed by atoms with Crippen LogP contribution in [0.4, 0.5) is 4.39 Å². The highest BCUT2D eigenvalue weighted by Gasteiger charge is 2.09. The zero-order valence-corrected chi connectivity index (χ0v) is 7.73. The van der Waals surface area contributed by atoms with Crippen LogP contribution in [0.5, 0.6) is 0 Å². The standard InChI is InChI=1S/C10H3FN2S/c11-9-3-8-6(4-12)1-2-7(5-13)10(8)14-9/h1-3H. The minimum absolute atomic E-state index is 0.376. The van der Waals surface area contributed by atoms with Gasteiger partial charge in [0.05, 0.1) is 21.9 Å². The van der Waals surface area contributed by atoms with Crippen molar-refractivity contribution in [2.75, 3.05) is 0 Å². The van der Waals surface area contributed by atoms with E-state index in [0.717, 1.165) is 11.3 Å². The molecule has 66 valence electrons. The van der Waals surface area contributed by atoms with Gasteiger partial charge in [-0.05, 0) is 18.2 Å². The van der Waals surface area contributed by atoms with Crippen molar-refractivity contribution in [3.63, 3.8) is 0 Å². The lowest BCUT2D eigenvalue weighted by Gasteiger charge is -1.93. The molecule has 14 heavy (non-hydrogen) atoms. The first-order valence-corrected chi connectivity index (χ1v) is 4.60. The van der Waals surface area contributed by atoms with E-state index in [1.54, 1.807) is 0 Å². The molecular formula is C10H3FN2S. The lowest BCUT2D eigenvalue weighted by atomic mass is 10.1. The third-order valence-corrected chi connectivity index (χ3v) is 2.85. The van der Waals surface area contributed by atoms with E-state index in [4.69, 9.17) is 10.5 Å². The number of benzene rings is 1. The predicted octanol–water partition coefficient (Wildman–Crippen LogP) is 2.78. The highest BCUT2D eigenvalue weighted by atomic mass is 32.1. The molecule has 0 bridgehead atoms. The Labute approximate surface area is 83.4 Å². The maximum absolute atomic E-state index is 13.0. The molecule has 0 aliphatic carbocycles. The van der Waals surface area contributed by atoms with E-state index < -0.39 is 0 Å². The van der Waals surface area contributed by atoms with Crippen LogP contribution in [0.15, 0.2) is 18.2 Å². The molecule has 0 amide bonds. The van der Waals surface area contributed by atoms with E-state index in [-0.39, 0.29) is 5.13 Å². The molecule has 0 aliphatic heterocycles. The van der Waals surface area contributed by atoms with Gasteiger partial charge in [-0.3, -0.25) is 0 Å². The normalized spacial score (nSPS) is 9.64. The Hall–Kier alpha value is -1.91. The second-order valence-electron chi connectivity index (χ2n) is 2.68. The van der Waals surface area contributed by atoms with E-state index in [1.165, 1.54) is 18.2 Å². The fourth-order valence-corrected chi connectivity index (χ4v) is 2.15. The van der Waals surface area contributed by atoms with Crippen LogP contribution >= 0.6 is 11.3 Å². The molecule has 2 rings (SSSR count). The molecule has 0 fully saturated rings. The summed E-state index contributed by atoms with van der Waals surface area (Å²) in [6.45, 7) is 0. The number of hydrogen-bond acceptors (Lipinski definition) is 3. The fraction of sp³-hybridized carbons (Fsp3) is 0. The molecule has 0 unspecified atom stereocenters. The first kappa shape index (κ1) is 8.68. The Kier molecular flexibility index (Phi) is 1.92. The van der Waals surface area contributed by atoms with Crippen LogP contribution in [0.3, 0.4) is 0 Å². The van der Waals surface area contributed by atoms with Gasteiger partial charge in [-0.1, -0.05) is 0 Å². The molecule has 0 spiro atoms. The summed E-state index contributed by atoms with van der Waals surface area (Å²) in [6, 6.07) is 8.30. The smallest absolute Gasteiger partial charge is 0.177 e. The van der Waals surface area contributed by atoms with Crippen molar-refractivity contribution >= 4 is 21.4 Å². The summed E-state index contributed by atoms with van der Waals surface area (Å²) in [5.41, 5.74) is 0.812. The minimum Gasteiger partial charge on any atom is -0.195 e. The molecule has 0 radical (unpaired) electrons. The third kappa shape index (κ3) is 1.14. The predicted molar refractivity (Wildman–Crippen MR) is 51.2 cm³/mol. The average Bonchev–Trinajstić information content (AvgIpc) is 2.57. The van der Waals surface area contributed by atoms with Crippen molar-refractivity contribution in [2.45, 2.75) is 0 Å². The number of rotatable bonds is 0. The van der Waals surface area contributed by atoms with Crippen molar-refractivity contribution in [3.8, 4) is 12.1 Å². The molecule has 2 nitrogen and oxygen atoms in total. The van der Waals surface area contributed by atoms with E-state index in [2.05, 4.69) is 0 Å². The Morgan fingerprint density at radius 2 is 1.79 bits per heavy atom. The highest BCUT2D eigenvalue weighted by molar-refractivity contribution is 7.17. The SMILES string of the molecule is N#Cc1ccc(C#N)c2sc(F)cc12. The topological polar surface area (TPSA) is 47.6 Å². The average molecular weight is 202 g/mol. The molecule has 0 saturated heterocycles. The fourth-order valence-electron chi connectivity index (χ4n) is 1.28. The lowest BCUT2D eigenvalue weighted by Crippen LogP contribution is -1.78. The van der Waals surface area contributed by atoms with Gasteiger partial charge in [0.1, 0.15) is 6.07 Å². The highest BCUT2D eigenvalue weighted by Crippen LogP contribution is 2.29. The van der Waals surface area contributed by atoms with Gasteiger partial charge in [-0.25, -0.2) is 0 Å². The quantitative estimate of drug-likeness (QED) is 0.659. The van der Waals surface area contributed by atoms with Crippen LogP contribution in [0.25, 0.3) is 10.1 Å². The zero-order valence-electron chi connectivity index (χ0n) is 6.91. The minimum atomic E-state index is -0.376. The molecule has 2 aromatic rings. The number of hydrogen-bond donors (Lipinski definition) is 0. The van der Waals surface area contributed by atoms with Crippen LogP contribution in [-0.4, -0.2) is 0 Å². The second kappa shape index (κ2) is 3.10. The number of fused-ring (bicyclic) bond motifs is 1. The van der Waals surface area contributed by atoms with Crippen LogP contribution in [-0.2, 0) is 0 Å². The van der Waals surface area contributed by atoms with Crippen LogP contribution < -0.4 is 0 Å². The van der Waals surface area contributed by atoms with Crippen molar-refractivity contribution in [1.29, 1.82) is 10.5 Å². The summed E-state index contributed by atoms with van der Waals surface area (Å²) in [5, 5.41) is 17.7. The van der Waals surface area contributed by atoms with Gasteiger partial charge in [0.15, 0.2) is 5.13 Å². The first-order valence-electron chi connectivity index (χ1n) is 3.78. The summed E-state index contributed by atoms with van der Waals surface area (Å²) in [4.78, 5) is 0. The molecule has 4 heteroatoms. The molecule has 0 aliphatic rings. The van der Waals surface area contributed by atoms with Gasteiger partial charge in [0, 0.05) is 5.39 Å². The monoisotopic (exact) mass is 202 g/mol. The Morgan fingerprint density at radius 1 is 1.14 bits per heavy atom. The zero-order chi connectivity index (χ0) is 10.1. The lowest BCUT2D eigenvalue weighted by molar-refractivity contribution is 0.658. The largest absolute Gasteiger partial charge is 0.195 e. The molecule has 1 aromatic carbocycles. The van der Waals surface area contributed by atoms with Crippen molar-refractivity contribution in [2.24, 2.45) is 0 Å². The maximum Gasteiger partial charge on any atom is 0.177 e. The van der Waals surface area contributed by atoms with Crippen molar-refractivity contribution in [1.82, 2.24) is 0 Å². The van der Waals surface area contributed by atoms with E-state index in [9.17, 15) is 4.39 Å². The Bertz CT molecular complexity index is 535. The number of halogens is 1. The van der Waals surface area contributed by atoms with Crippen LogP contribution in [0.1, 0.15) is 11.1 Å². The number of thiophene rings is 1. The van der Waals surface area contributed by atoms with Gasteiger partial charge >= 0.3 is 0 Å². The first-order chi connectivity index (χ1) is 6.76. The molecular weight excluding hydrogens is 199 g/mol. The van der Waals surface area contributed by atoms with E-state index >= 15 is 0 Å². The van der Waals surface area contributed by atoms with Gasteiger partial charge in [0.2, 0.25) is 0 Å². The maximum atomic E-state index is 13.0. The Balaban J connectivity index is 2.95. The van der Waals surface area contributed by atoms with Gasteiger partial charge in [-0.2, -0.15) is 14.9 Å². The second-order valence-corrected chi connectivity index (χ2v) is 3.68. The van der Waals surface area contributed by atoms with E-state index in [1.807, 2.05) is 12.1 Å². The molecule has 0 N–H and O–H groups in total. The number of nitriles is 2. The van der Waals surface area contributed by atoms with Gasteiger partial charge in [0.25, 0.3) is 0 Å². The summed E-state index contributed by atoms with van der Waals surface area (Å²) in [6.07, 6.45) is 0. The molecule has 1 aromatic heterocycles. The molecule has 1 heterocycles. The van der Waals surface area contributed by atoms with Gasteiger partial charge < -0.3 is 0 Å². The molecule has 0 atom stereocenters. The summed E-state index contributed by atoms with van der Waals surface area (Å²) in [5.74, 6) is 0. The van der Waals surface area contributed by atoms with Crippen molar-refractivity contribution < 1.29 is 4.39 Å². The Morgan fingerprint density at radius 3 is 2.43 bits per heavy atom. The van der Waals surface area contributed by atoms with Crippen LogP contribution in [0, 0.1) is 27.8 Å². The summed E-state index contributed by atoms with van der Waals surface area (Å²) in [7, 11) is 0. The van der Waals surface area contributed by atoms with Crippen molar-refractivity contribution in [3.05, 3.63) is 34.5 Å². The van der Waals surface area contributed by atoms with Gasteiger partial charge in [-0.15, -0.1) is 11.3 Å². The number of nitrogens with zero attached hydrogens (tertiary/aromatic N) is 2. The molecule has 0 saturated carbocycles.